The minimum absolute atomic E-state index is 0.418. The third-order valence-electron chi connectivity index (χ3n) is 3.74. The lowest BCUT2D eigenvalue weighted by molar-refractivity contribution is -0.0420. The SMILES string of the molecule is CCC(OS(=O)(=O)O)C(C)(CC)CC(C)(O)CC. The predicted molar refractivity (Wildman–Crippen MR) is 70.6 cm³/mol. The van der Waals surface area contributed by atoms with Gasteiger partial charge in [-0.2, -0.15) is 8.42 Å². The van der Waals surface area contributed by atoms with Crippen LogP contribution < -0.4 is 0 Å². The van der Waals surface area contributed by atoms with Gasteiger partial charge in [-0.25, -0.2) is 4.18 Å². The molecule has 5 nitrogen and oxygen atoms in total. The second-order valence-electron chi connectivity index (χ2n) is 5.46. The minimum atomic E-state index is -4.47. The number of aliphatic hydroxyl groups is 1. The van der Waals surface area contributed by atoms with Crippen molar-refractivity contribution in [2.45, 2.75) is 72.0 Å². The van der Waals surface area contributed by atoms with Crippen LogP contribution in [0.15, 0.2) is 0 Å². The monoisotopic (exact) mass is 282 g/mol. The lowest BCUT2D eigenvalue weighted by Gasteiger charge is -2.40. The van der Waals surface area contributed by atoms with Gasteiger partial charge in [-0.3, -0.25) is 4.55 Å². The standard InChI is InChI=1S/C12H26O5S/c1-6-10(17-18(14,15)16)11(4,7-2)9-12(5,13)8-3/h10,13H,6-9H2,1-5H3,(H,14,15,16). The van der Waals surface area contributed by atoms with Crippen molar-refractivity contribution in [2.24, 2.45) is 5.41 Å². The van der Waals surface area contributed by atoms with E-state index in [0.717, 1.165) is 0 Å². The molecule has 0 saturated heterocycles. The van der Waals surface area contributed by atoms with Crippen molar-refractivity contribution in [3.8, 4) is 0 Å². The summed E-state index contributed by atoms with van der Waals surface area (Å²) < 4.78 is 35.3. The van der Waals surface area contributed by atoms with Gasteiger partial charge >= 0.3 is 10.4 Å². The van der Waals surface area contributed by atoms with Gasteiger partial charge in [0, 0.05) is 0 Å². The van der Waals surface area contributed by atoms with Gasteiger partial charge in [-0.1, -0.05) is 27.7 Å². The molecule has 0 rings (SSSR count). The van der Waals surface area contributed by atoms with Crippen LogP contribution in [-0.2, 0) is 14.6 Å². The molecule has 0 saturated carbocycles. The van der Waals surface area contributed by atoms with Crippen LogP contribution in [0.5, 0.6) is 0 Å². The van der Waals surface area contributed by atoms with Gasteiger partial charge in [-0.15, -0.1) is 0 Å². The third kappa shape index (κ3) is 5.65. The van der Waals surface area contributed by atoms with E-state index in [1.165, 1.54) is 0 Å². The first-order valence-corrected chi connectivity index (χ1v) is 7.74. The average molecular weight is 282 g/mol. The summed E-state index contributed by atoms with van der Waals surface area (Å²) in [7, 11) is -4.47. The Morgan fingerprint density at radius 3 is 1.94 bits per heavy atom. The lowest BCUT2D eigenvalue weighted by Crippen LogP contribution is -2.42. The van der Waals surface area contributed by atoms with Crippen molar-refractivity contribution in [1.82, 2.24) is 0 Å². The molecule has 0 aliphatic carbocycles. The number of rotatable bonds is 8. The van der Waals surface area contributed by atoms with E-state index in [9.17, 15) is 13.5 Å². The molecule has 110 valence electrons. The molecule has 18 heavy (non-hydrogen) atoms. The fourth-order valence-corrected chi connectivity index (χ4v) is 2.95. The summed E-state index contributed by atoms with van der Waals surface area (Å²) in [5.41, 5.74) is -1.38. The van der Waals surface area contributed by atoms with E-state index in [4.69, 9.17) is 8.74 Å². The lowest BCUT2D eigenvalue weighted by atomic mass is 9.72. The van der Waals surface area contributed by atoms with E-state index >= 15 is 0 Å². The normalized spacial score (nSPS) is 21.1. The summed E-state index contributed by atoms with van der Waals surface area (Å²) in [4.78, 5) is 0. The highest BCUT2D eigenvalue weighted by atomic mass is 32.3. The smallest absolute Gasteiger partial charge is 0.390 e. The Balaban J connectivity index is 5.10. The van der Waals surface area contributed by atoms with Gasteiger partial charge in [0.25, 0.3) is 0 Å². The van der Waals surface area contributed by atoms with Gasteiger partial charge in [0.2, 0.25) is 0 Å². The minimum Gasteiger partial charge on any atom is -0.390 e. The second kappa shape index (κ2) is 6.32. The highest BCUT2D eigenvalue weighted by Crippen LogP contribution is 2.39. The van der Waals surface area contributed by atoms with Crippen molar-refractivity contribution < 1.29 is 22.3 Å². The fraction of sp³-hybridized carbons (Fsp3) is 1.00. The molecule has 0 aliphatic rings. The molecule has 0 spiro atoms. The summed E-state index contributed by atoms with van der Waals surface area (Å²) >= 11 is 0. The van der Waals surface area contributed by atoms with Crippen LogP contribution in [0.2, 0.25) is 0 Å². The summed E-state index contributed by atoms with van der Waals surface area (Å²) in [6, 6.07) is 0. The average Bonchev–Trinajstić information content (AvgIpc) is 2.24. The zero-order valence-corrected chi connectivity index (χ0v) is 12.7. The Hall–Kier alpha value is -0.170. The quantitative estimate of drug-likeness (QED) is 0.668. The van der Waals surface area contributed by atoms with Crippen LogP contribution in [0.25, 0.3) is 0 Å². The Labute approximate surface area is 110 Å². The molecule has 3 unspecified atom stereocenters. The van der Waals surface area contributed by atoms with Crippen molar-refractivity contribution in [3.63, 3.8) is 0 Å². The van der Waals surface area contributed by atoms with Crippen LogP contribution in [0.4, 0.5) is 0 Å². The van der Waals surface area contributed by atoms with Crippen LogP contribution in [-0.4, -0.2) is 29.8 Å². The van der Waals surface area contributed by atoms with Gasteiger partial charge in [0.05, 0.1) is 11.7 Å². The molecule has 0 bridgehead atoms. The molecule has 3 atom stereocenters. The van der Waals surface area contributed by atoms with Crippen LogP contribution in [0.1, 0.15) is 60.3 Å². The maximum absolute atomic E-state index is 10.9. The first kappa shape index (κ1) is 17.8. The molecular formula is C12H26O5S. The summed E-state index contributed by atoms with van der Waals surface area (Å²) in [6.07, 6.45) is 1.45. The van der Waals surface area contributed by atoms with E-state index in [2.05, 4.69) is 0 Å². The summed E-state index contributed by atoms with van der Waals surface area (Å²) in [6.45, 7) is 9.18. The molecule has 2 N–H and O–H groups in total. The Morgan fingerprint density at radius 1 is 1.17 bits per heavy atom. The molecule has 0 aromatic heterocycles. The zero-order valence-electron chi connectivity index (χ0n) is 11.9. The van der Waals surface area contributed by atoms with Crippen LogP contribution in [0.3, 0.4) is 0 Å². The van der Waals surface area contributed by atoms with E-state index in [-0.39, 0.29) is 0 Å². The van der Waals surface area contributed by atoms with Crippen LogP contribution >= 0.6 is 0 Å². The van der Waals surface area contributed by atoms with Gasteiger partial charge in [0.15, 0.2) is 0 Å². The molecule has 0 fully saturated rings. The molecule has 0 radical (unpaired) electrons. The van der Waals surface area contributed by atoms with Crippen molar-refractivity contribution in [1.29, 1.82) is 0 Å². The Kier molecular flexibility index (Phi) is 6.26. The molecular weight excluding hydrogens is 256 g/mol. The van der Waals surface area contributed by atoms with E-state index in [1.54, 1.807) is 13.8 Å². The first-order valence-electron chi connectivity index (χ1n) is 6.37. The third-order valence-corrected chi connectivity index (χ3v) is 4.22. The van der Waals surface area contributed by atoms with Gasteiger partial charge in [-0.05, 0) is 38.0 Å². The molecule has 0 heterocycles. The zero-order chi connectivity index (χ0) is 14.6. The predicted octanol–water partition coefficient (Wildman–Crippen LogP) is 2.55. The van der Waals surface area contributed by atoms with Crippen molar-refractivity contribution in [3.05, 3.63) is 0 Å². The van der Waals surface area contributed by atoms with Crippen LogP contribution in [0, 0.1) is 5.41 Å². The van der Waals surface area contributed by atoms with Crippen molar-refractivity contribution in [2.75, 3.05) is 0 Å². The number of hydrogen-bond acceptors (Lipinski definition) is 4. The largest absolute Gasteiger partial charge is 0.397 e. The van der Waals surface area contributed by atoms with Gasteiger partial charge in [0.1, 0.15) is 0 Å². The van der Waals surface area contributed by atoms with E-state index in [0.29, 0.717) is 25.7 Å². The summed E-state index contributed by atoms with van der Waals surface area (Å²) in [5, 5.41) is 10.2. The molecule has 0 aromatic carbocycles. The summed E-state index contributed by atoms with van der Waals surface area (Å²) in [5.74, 6) is 0. The molecule has 0 aromatic rings. The van der Waals surface area contributed by atoms with Crippen molar-refractivity contribution >= 4 is 10.4 Å². The Morgan fingerprint density at radius 2 is 1.67 bits per heavy atom. The second-order valence-corrected chi connectivity index (χ2v) is 6.50. The van der Waals surface area contributed by atoms with E-state index < -0.39 is 27.5 Å². The van der Waals surface area contributed by atoms with Gasteiger partial charge < -0.3 is 5.11 Å². The first-order chi connectivity index (χ1) is 7.99. The molecule has 6 heteroatoms. The maximum Gasteiger partial charge on any atom is 0.397 e. The fourth-order valence-electron chi connectivity index (χ4n) is 2.29. The number of hydrogen-bond donors (Lipinski definition) is 2. The molecule has 0 aliphatic heterocycles. The van der Waals surface area contributed by atoms with E-state index in [1.807, 2.05) is 20.8 Å². The maximum atomic E-state index is 10.9. The highest BCUT2D eigenvalue weighted by Gasteiger charge is 2.40. The molecule has 0 amide bonds. The highest BCUT2D eigenvalue weighted by molar-refractivity contribution is 7.80. The topological polar surface area (TPSA) is 83.8 Å². The Bertz CT molecular complexity index is 349.